The summed E-state index contributed by atoms with van der Waals surface area (Å²) in [5.74, 6) is 5.78. The van der Waals surface area contributed by atoms with Gasteiger partial charge in [0.2, 0.25) is 11.8 Å². The standard InChI is InChI=1S/C22H25N7O3/c1-22(12-20(31)29(3)21(23)28-22)18-11-15(6-8-25-18)10-17(30)16-13-27-19(14-26-16)32-9-5-4-7-24-2/h6,8,11,13-14,24H,7,9-10,12H2,1-3H3,(H2,23,28). The maximum atomic E-state index is 12.7. The van der Waals surface area contributed by atoms with Crippen LogP contribution in [0.5, 0.6) is 5.88 Å². The van der Waals surface area contributed by atoms with Crippen molar-refractivity contribution in [2.45, 2.75) is 25.3 Å². The average molecular weight is 435 g/mol. The zero-order chi connectivity index (χ0) is 23.1. The van der Waals surface area contributed by atoms with E-state index in [1.165, 1.54) is 17.3 Å². The third-order valence-electron chi connectivity index (χ3n) is 4.91. The molecule has 1 atom stereocenters. The number of pyridine rings is 1. The van der Waals surface area contributed by atoms with Gasteiger partial charge < -0.3 is 15.8 Å². The molecule has 3 rings (SSSR count). The van der Waals surface area contributed by atoms with Gasteiger partial charge in [0, 0.05) is 19.7 Å². The fourth-order valence-electron chi connectivity index (χ4n) is 3.06. The van der Waals surface area contributed by atoms with Gasteiger partial charge in [-0.05, 0) is 31.7 Å². The van der Waals surface area contributed by atoms with Crippen LogP contribution in [0.3, 0.4) is 0 Å². The molecule has 2 aromatic heterocycles. The van der Waals surface area contributed by atoms with Crippen molar-refractivity contribution in [1.29, 1.82) is 0 Å². The van der Waals surface area contributed by atoms with Gasteiger partial charge in [0.15, 0.2) is 18.3 Å². The van der Waals surface area contributed by atoms with E-state index in [1.807, 2.05) is 7.05 Å². The van der Waals surface area contributed by atoms with E-state index in [-0.39, 0.29) is 42.8 Å². The van der Waals surface area contributed by atoms with E-state index >= 15 is 0 Å². The fourth-order valence-corrected chi connectivity index (χ4v) is 3.06. The molecule has 166 valence electrons. The van der Waals surface area contributed by atoms with Crippen LogP contribution in [-0.2, 0) is 16.8 Å². The first kappa shape index (κ1) is 22.8. The van der Waals surface area contributed by atoms with Crippen LogP contribution in [0.1, 0.15) is 35.1 Å². The number of nitrogens with two attached hydrogens (primary N) is 1. The molecule has 10 heteroatoms. The second-order valence-corrected chi connectivity index (χ2v) is 7.44. The Morgan fingerprint density at radius 3 is 2.81 bits per heavy atom. The van der Waals surface area contributed by atoms with Crippen molar-refractivity contribution in [2.24, 2.45) is 10.7 Å². The second-order valence-electron chi connectivity index (χ2n) is 7.44. The number of amides is 1. The van der Waals surface area contributed by atoms with Crippen molar-refractivity contribution < 1.29 is 14.3 Å². The van der Waals surface area contributed by atoms with Crippen LogP contribution >= 0.6 is 0 Å². The quantitative estimate of drug-likeness (QED) is 0.468. The van der Waals surface area contributed by atoms with E-state index in [4.69, 9.17) is 10.5 Å². The minimum atomic E-state index is -0.887. The lowest BCUT2D eigenvalue weighted by atomic mass is 9.90. The molecule has 32 heavy (non-hydrogen) atoms. The number of ether oxygens (including phenoxy) is 1. The number of carbonyl (C=O) groups is 2. The first-order valence-electron chi connectivity index (χ1n) is 9.98. The fraction of sp³-hybridized carbons (Fsp3) is 0.364. The third kappa shape index (κ3) is 5.44. The minimum Gasteiger partial charge on any atom is -0.463 e. The second kappa shape index (κ2) is 9.98. The molecular weight excluding hydrogens is 410 g/mol. The highest BCUT2D eigenvalue weighted by molar-refractivity contribution is 5.98. The van der Waals surface area contributed by atoms with Gasteiger partial charge in [0.25, 0.3) is 0 Å². The summed E-state index contributed by atoms with van der Waals surface area (Å²) in [6.45, 7) is 2.56. The first-order chi connectivity index (χ1) is 15.3. The van der Waals surface area contributed by atoms with Crippen LogP contribution in [0.4, 0.5) is 0 Å². The monoisotopic (exact) mass is 435 g/mol. The molecule has 0 saturated heterocycles. The lowest BCUT2D eigenvalue weighted by molar-refractivity contribution is -0.128. The van der Waals surface area contributed by atoms with Gasteiger partial charge in [-0.25, -0.2) is 15.0 Å². The Morgan fingerprint density at radius 2 is 2.12 bits per heavy atom. The molecule has 1 aliphatic rings. The van der Waals surface area contributed by atoms with E-state index in [9.17, 15) is 9.59 Å². The number of guanidine groups is 1. The molecule has 1 amide bonds. The number of aromatic nitrogens is 3. The zero-order valence-electron chi connectivity index (χ0n) is 18.3. The normalized spacial score (nSPS) is 17.9. The van der Waals surface area contributed by atoms with E-state index in [0.29, 0.717) is 18.1 Å². The molecule has 0 bridgehead atoms. The van der Waals surface area contributed by atoms with Crippen molar-refractivity contribution in [2.75, 3.05) is 27.2 Å². The first-order valence-corrected chi connectivity index (χ1v) is 9.98. The van der Waals surface area contributed by atoms with Crippen LogP contribution in [0.25, 0.3) is 0 Å². The number of nitrogens with zero attached hydrogens (tertiary/aromatic N) is 5. The highest BCUT2D eigenvalue weighted by atomic mass is 16.5. The average Bonchev–Trinajstić information content (AvgIpc) is 2.78. The summed E-state index contributed by atoms with van der Waals surface area (Å²) >= 11 is 0. The summed E-state index contributed by atoms with van der Waals surface area (Å²) in [6, 6.07) is 3.51. The lowest BCUT2D eigenvalue weighted by Gasteiger charge is -2.32. The Bertz CT molecular complexity index is 1090. The van der Waals surface area contributed by atoms with E-state index in [0.717, 1.165) is 5.56 Å². The van der Waals surface area contributed by atoms with Crippen LogP contribution in [0, 0.1) is 11.8 Å². The van der Waals surface area contributed by atoms with Crippen LogP contribution < -0.4 is 15.8 Å². The van der Waals surface area contributed by atoms with E-state index in [2.05, 4.69) is 37.1 Å². The summed E-state index contributed by atoms with van der Waals surface area (Å²) < 4.78 is 5.38. The lowest BCUT2D eigenvalue weighted by Crippen LogP contribution is -2.47. The third-order valence-corrected chi connectivity index (χ3v) is 4.91. The molecule has 0 spiro atoms. The van der Waals surface area contributed by atoms with Gasteiger partial charge in [0.1, 0.15) is 11.2 Å². The molecule has 3 heterocycles. The number of Topliss-reactive ketones (excluding diaryl/α,β-unsaturated/α-hetero) is 1. The minimum absolute atomic E-state index is 0.100. The van der Waals surface area contributed by atoms with Gasteiger partial charge in [-0.3, -0.25) is 19.5 Å². The molecule has 0 fully saturated rings. The zero-order valence-corrected chi connectivity index (χ0v) is 18.3. The van der Waals surface area contributed by atoms with E-state index < -0.39 is 5.54 Å². The number of hydrogen-bond donors (Lipinski definition) is 2. The highest BCUT2D eigenvalue weighted by Crippen LogP contribution is 2.31. The predicted octanol–water partition coefficient (Wildman–Crippen LogP) is 0.291. The summed E-state index contributed by atoms with van der Waals surface area (Å²) in [5, 5.41) is 2.91. The van der Waals surface area contributed by atoms with Crippen LogP contribution in [0.2, 0.25) is 0 Å². The van der Waals surface area contributed by atoms with Gasteiger partial charge in [-0.2, -0.15) is 0 Å². The number of hydrogen-bond acceptors (Lipinski definition) is 9. The van der Waals surface area contributed by atoms with Crippen molar-refractivity contribution in [3.05, 3.63) is 47.7 Å². The molecule has 0 saturated carbocycles. The summed E-state index contributed by atoms with van der Waals surface area (Å²) in [6.07, 6.45) is 4.61. The topological polar surface area (TPSA) is 136 Å². The Balaban J connectivity index is 1.67. The molecule has 0 aromatic carbocycles. The largest absolute Gasteiger partial charge is 0.463 e. The summed E-state index contributed by atoms with van der Waals surface area (Å²) in [7, 11) is 3.39. The molecule has 1 aliphatic heterocycles. The summed E-state index contributed by atoms with van der Waals surface area (Å²) in [5.41, 5.74) is 6.51. The Morgan fingerprint density at radius 1 is 1.31 bits per heavy atom. The van der Waals surface area contributed by atoms with Gasteiger partial charge >= 0.3 is 0 Å². The number of rotatable bonds is 7. The smallest absolute Gasteiger partial charge is 0.233 e. The Hall–Kier alpha value is -3.84. The number of aliphatic imine (C=N–C) groups is 1. The maximum absolute atomic E-state index is 12.7. The molecule has 1 unspecified atom stereocenters. The molecular formula is C22H25N7O3. The molecule has 10 nitrogen and oxygen atoms in total. The molecule has 3 N–H and O–H groups in total. The maximum Gasteiger partial charge on any atom is 0.233 e. The summed E-state index contributed by atoms with van der Waals surface area (Å²) in [4.78, 5) is 43.3. The Kier molecular flexibility index (Phi) is 7.12. The van der Waals surface area contributed by atoms with E-state index in [1.54, 1.807) is 32.3 Å². The molecule has 2 aromatic rings. The van der Waals surface area contributed by atoms with Gasteiger partial charge in [-0.15, -0.1) is 0 Å². The van der Waals surface area contributed by atoms with Crippen LogP contribution in [0.15, 0.2) is 35.7 Å². The van der Waals surface area contributed by atoms with Crippen molar-refractivity contribution >= 4 is 17.6 Å². The van der Waals surface area contributed by atoms with Crippen molar-refractivity contribution in [3.63, 3.8) is 0 Å². The Labute approximate surface area is 186 Å². The highest BCUT2D eigenvalue weighted by Gasteiger charge is 2.37. The molecule has 0 radical (unpaired) electrons. The SMILES string of the molecule is CNCC#CCOc1cnc(C(=O)Cc2ccnc(C3(C)CC(=O)N(C)C(N)=N3)c2)cn1. The van der Waals surface area contributed by atoms with Crippen LogP contribution in [-0.4, -0.2) is 64.7 Å². The number of carbonyl (C=O) groups excluding carboxylic acids is 2. The molecule has 0 aliphatic carbocycles. The number of ketones is 1. The van der Waals surface area contributed by atoms with Crippen molar-refractivity contribution in [1.82, 2.24) is 25.2 Å². The van der Waals surface area contributed by atoms with Gasteiger partial charge in [0.05, 0.1) is 31.1 Å². The van der Waals surface area contributed by atoms with Crippen molar-refractivity contribution in [3.8, 4) is 17.7 Å². The van der Waals surface area contributed by atoms with Gasteiger partial charge in [-0.1, -0.05) is 11.8 Å². The predicted molar refractivity (Wildman–Crippen MR) is 118 cm³/mol. The number of nitrogens with one attached hydrogen (secondary N) is 1.